The summed E-state index contributed by atoms with van der Waals surface area (Å²) < 4.78 is 0. The number of hydrogen-bond donors (Lipinski definition) is 2. The fourth-order valence-corrected chi connectivity index (χ4v) is 0.858. The molecule has 0 aliphatic carbocycles. The molecule has 9 heavy (non-hydrogen) atoms. The van der Waals surface area contributed by atoms with Crippen molar-refractivity contribution in [3.63, 3.8) is 0 Å². The third-order valence-electron chi connectivity index (χ3n) is 0.950. The molecule has 0 aromatic carbocycles. The first kappa shape index (κ1) is 8.78. The van der Waals surface area contributed by atoms with Gasteiger partial charge in [-0.15, -0.1) is 0 Å². The molecular weight excluding hydrogens is 137 g/mol. The van der Waals surface area contributed by atoms with Gasteiger partial charge in [-0.3, -0.25) is 4.79 Å². The molecule has 0 aromatic heterocycles. The second-order valence-electron chi connectivity index (χ2n) is 1.73. The van der Waals surface area contributed by atoms with Crippen LogP contribution in [0, 0.1) is 0 Å². The van der Waals surface area contributed by atoms with Gasteiger partial charge in [-0.25, -0.2) is 0 Å². The Morgan fingerprint density at radius 3 is 2.78 bits per heavy atom. The van der Waals surface area contributed by atoms with E-state index in [1.807, 2.05) is 6.26 Å². The lowest BCUT2D eigenvalue weighted by atomic mass is 9.93. The van der Waals surface area contributed by atoms with Crippen molar-refractivity contribution in [3.05, 3.63) is 0 Å². The minimum absolute atomic E-state index is 0.552. The maximum Gasteiger partial charge on any atom is 0.320 e. The van der Waals surface area contributed by atoms with Crippen molar-refractivity contribution in [2.75, 3.05) is 12.0 Å². The van der Waals surface area contributed by atoms with E-state index in [2.05, 4.69) is 0 Å². The summed E-state index contributed by atoms with van der Waals surface area (Å²) in [4.78, 5) is 10.1. The lowest BCUT2D eigenvalue weighted by Gasteiger charge is -2.02. The summed E-state index contributed by atoms with van der Waals surface area (Å²) in [6.07, 6.45) is 2.48. The first-order chi connectivity index (χ1) is 4.18. The molecule has 0 radical (unpaired) electrons. The Balaban J connectivity index is 3.27. The molecule has 3 N–H and O–H groups in total. The summed E-state index contributed by atoms with van der Waals surface area (Å²) in [6, 6.07) is -0.683. The molecule has 0 saturated carbocycles. The predicted molar refractivity (Wildman–Crippen MR) is 38.6 cm³/mol. The maximum atomic E-state index is 10.1. The molecule has 0 bridgehead atoms. The van der Waals surface area contributed by atoms with Crippen molar-refractivity contribution in [1.82, 2.24) is 0 Å². The van der Waals surface area contributed by atoms with Gasteiger partial charge in [0.05, 0.1) is 0 Å². The molecule has 0 aliphatic heterocycles. The number of hydrogen-bond acceptors (Lipinski definition) is 3. The lowest BCUT2D eigenvalue weighted by Crippen LogP contribution is -2.30. The molecule has 0 spiro atoms. The Hall–Kier alpha value is -0.220. The van der Waals surface area contributed by atoms with E-state index in [1.165, 1.54) is 0 Å². The summed E-state index contributed by atoms with van der Waals surface area (Å²) in [7, 11) is 0. The van der Waals surface area contributed by atoms with Crippen LogP contribution in [0.5, 0.6) is 0 Å². The van der Waals surface area contributed by atoms with Crippen LogP contribution < -0.4 is 5.73 Å². The zero-order valence-electron chi connectivity index (χ0n) is 5.33. The minimum Gasteiger partial charge on any atom is -0.480 e. The van der Waals surface area contributed by atoms with Crippen molar-refractivity contribution in [2.24, 2.45) is 5.73 Å². The van der Waals surface area contributed by atoms with E-state index < -0.39 is 12.0 Å². The van der Waals surface area contributed by atoms with E-state index >= 15 is 0 Å². The van der Waals surface area contributed by atoms with Crippen LogP contribution in [0.15, 0.2) is 0 Å². The number of aliphatic carboxylic acids is 1. The summed E-state index contributed by atoms with van der Waals surface area (Å²) >= 11 is 1.60. The Bertz CT molecular complexity index is 97.0. The van der Waals surface area contributed by atoms with Crippen LogP contribution in [0.4, 0.5) is 0 Å². The summed E-state index contributed by atoms with van der Waals surface area (Å²) in [5.74, 6) is -0.1000. The SMILES string of the molecule is CSCC[C@H](N)[11C](=O)O. The van der Waals surface area contributed by atoms with Gasteiger partial charge in [-0.05, 0) is 18.4 Å². The first-order valence-corrected chi connectivity index (χ1v) is 4.05. The first-order valence-electron chi connectivity index (χ1n) is 2.65. The molecule has 0 rings (SSSR count). The Morgan fingerprint density at radius 2 is 2.44 bits per heavy atom. The maximum absolute atomic E-state index is 10.1. The number of carbonyl (C=O) groups is 1. The largest absolute Gasteiger partial charge is 0.480 e. The van der Waals surface area contributed by atoms with Gasteiger partial charge in [-0.1, -0.05) is 0 Å². The van der Waals surface area contributed by atoms with Gasteiger partial charge < -0.3 is 10.8 Å². The average Bonchev–Trinajstić information content (AvgIpc) is 1.82. The number of thioether (sulfide) groups is 1. The Kier molecular flexibility index (Phi) is 4.53. The molecule has 4 heteroatoms. The van der Waals surface area contributed by atoms with Gasteiger partial charge in [0.2, 0.25) is 0 Å². The summed E-state index contributed by atoms with van der Waals surface area (Å²) in [5, 5.41) is 8.27. The fraction of sp³-hybridized carbons (Fsp3) is 0.800. The normalized spacial score (nSPS) is 13.1. The molecule has 0 unspecified atom stereocenters. The van der Waals surface area contributed by atoms with Crippen molar-refractivity contribution < 1.29 is 9.90 Å². The monoisotopic (exact) mass is 148 g/mol. The van der Waals surface area contributed by atoms with Crippen LogP contribution in [-0.2, 0) is 4.79 Å². The van der Waals surface area contributed by atoms with E-state index in [0.717, 1.165) is 5.75 Å². The van der Waals surface area contributed by atoms with Crippen LogP contribution >= 0.6 is 11.8 Å². The number of nitrogens with two attached hydrogens (primary N) is 1. The van der Waals surface area contributed by atoms with Crippen LogP contribution in [0.25, 0.3) is 0 Å². The Morgan fingerprint density at radius 1 is 1.89 bits per heavy atom. The molecule has 0 amide bonds. The number of carboxylic acid groups (broad SMARTS) is 1. The molecule has 0 aromatic rings. The van der Waals surface area contributed by atoms with Crippen LogP contribution in [0.2, 0.25) is 0 Å². The van der Waals surface area contributed by atoms with Gasteiger partial charge in [0.15, 0.2) is 0 Å². The zero-order valence-corrected chi connectivity index (χ0v) is 6.15. The highest BCUT2D eigenvalue weighted by molar-refractivity contribution is 7.98. The minimum atomic E-state index is -0.913. The fourth-order valence-electron chi connectivity index (χ4n) is 0.368. The quantitative estimate of drug-likeness (QED) is 0.595. The molecule has 54 valence electrons. The van der Waals surface area contributed by atoms with Crippen LogP contribution in [0.1, 0.15) is 6.42 Å². The average molecular weight is 148 g/mol. The van der Waals surface area contributed by atoms with E-state index in [9.17, 15) is 4.79 Å². The molecule has 3 nitrogen and oxygen atoms in total. The topological polar surface area (TPSA) is 63.3 Å². The van der Waals surface area contributed by atoms with Gasteiger partial charge in [-0.2, -0.15) is 11.8 Å². The van der Waals surface area contributed by atoms with Crippen molar-refractivity contribution in [1.29, 1.82) is 0 Å². The molecule has 0 saturated heterocycles. The lowest BCUT2D eigenvalue weighted by molar-refractivity contribution is -0.138. The second kappa shape index (κ2) is 4.64. The highest BCUT2D eigenvalue weighted by atomic mass is 32.2. The van der Waals surface area contributed by atoms with Crippen molar-refractivity contribution in [3.8, 4) is 0 Å². The van der Waals surface area contributed by atoms with Crippen molar-refractivity contribution >= 4 is 17.7 Å². The van der Waals surface area contributed by atoms with Crippen molar-refractivity contribution in [2.45, 2.75) is 12.5 Å². The predicted octanol–water partition coefficient (Wildman–Crippen LogP) is 0.151. The second-order valence-corrected chi connectivity index (χ2v) is 2.71. The molecule has 1 atom stereocenters. The molecular formula is C5H11NO2S. The van der Waals surface area contributed by atoms with E-state index in [-0.39, 0.29) is 0 Å². The highest BCUT2D eigenvalue weighted by Gasteiger charge is 2.08. The number of carboxylic acids is 1. The van der Waals surface area contributed by atoms with Gasteiger partial charge in [0.1, 0.15) is 6.04 Å². The molecule has 0 heterocycles. The summed E-state index contributed by atoms with van der Waals surface area (Å²) in [5.41, 5.74) is 5.19. The van der Waals surface area contributed by atoms with Crippen LogP contribution in [-0.4, -0.2) is 29.1 Å². The number of rotatable bonds is 4. The summed E-state index contributed by atoms with van der Waals surface area (Å²) in [6.45, 7) is 0. The van der Waals surface area contributed by atoms with Gasteiger partial charge >= 0.3 is 5.97 Å². The van der Waals surface area contributed by atoms with E-state index in [0.29, 0.717) is 6.42 Å². The Labute approximate surface area is 58.6 Å². The van der Waals surface area contributed by atoms with E-state index in [1.54, 1.807) is 11.8 Å². The van der Waals surface area contributed by atoms with E-state index in [4.69, 9.17) is 10.8 Å². The standard InChI is InChI=1S/C5H11NO2S/c1-9-3-2-4(6)5(7)8/h4H,2-3,6H2,1H3,(H,7,8)/t4-/m0/s1/i5-1. The highest BCUT2D eigenvalue weighted by Crippen LogP contribution is 1.97. The van der Waals surface area contributed by atoms with Gasteiger partial charge in [0.25, 0.3) is 0 Å². The van der Waals surface area contributed by atoms with Gasteiger partial charge in [0, 0.05) is 0 Å². The zero-order chi connectivity index (χ0) is 7.28. The molecule has 0 fully saturated rings. The third-order valence-corrected chi connectivity index (χ3v) is 1.59. The van der Waals surface area contributed by atoms with Crippen LogP contribution in [0.3, 0.4) is 0 Å². The smallest absolute Gasteiger partial charge is 0.320 e. The molecule has 0 aliphatic rings. The third kappa shape index (κ3) is 4.29.